The van der Waals surface area contributed by atoms with Crippen LogP contribution < -0.4 is 10.2 Å². The Hall–Kier alpha value is -4.31. The first kappa shape index (κ1) is 23.1. The van der Waals surface area contributed by atoms with Crippen molar-refractivity contribution in [3.8, 4) is 22.6 Å². The van der Waals surface area contributed by atoms with Crippen molar-refractivity contribution in [2.45, 2.75) is 19.3 Å². The molecular formula is C27H29N9O. The lowest BCUT2D eigenvalue weighted by Gasteiger charge is -2.29. The van der Waals surface area contributed by atoms with Crippen molar-refractivity contribution in [3.05, 3.63) is 49.1 Å². The number of nitrogens with one attached hydrogen (secondary N) is 3. The van der Waals surface area contributed by atoms with Crippen molar-refractivity contribution in [3.63, 3.8) is 0 Å². The fourth-order valence-electron chi connectivity index (χ4n) is 4.97. The van der Waals surface area contributed by atoms with Crippen LogP contribution in [-0.2, 0) is 4.79 Å². The Labute approximate surface area is 214 Å². The lowest BCUT2D eigenvalue weighted by atomic mass is 10.1. The summed E-state index contributed by atoms with van der Waals surface area (Å²) in [5.74, 6) is -0.0965. The smallest absolute Gasteiger partial charge is 0.238 e. The third kappa shape index (κ3) is 4.63. The molecule has 0 aliphatic carbocycles. The number of hydrogen-bond acceptors (Lipinski definition) is 7. The normalized spacial score (nSPS) is 14.1. The first-order valence-electron chi connectivity index (χ1n) is 12.5. The summed E-state index contributed by atoms with van der Waals surface area (Å²) in [6.45, 7) is 2.44. The van der Waals surface area contributed by atoms with Gasteiger partial charge in [0.25, 0.3) is 0 Å². The number of amides is 1. The fraction of sp³-hybridized carbons (Fsp3) is 0.296. The number of rotatable bonds is 6. The second-order valence-electron chi connectivity index (χ2n) is 9.76. The summed E-state index contributed by atoms with van der Waals surface area (Å²) in [4.78, 5) is 33.4. The van der Waals surface area contributed by atoms with Crippen LogP contribution in [0.3, 0.4) is 0 Å². The van der Waals surface area contributed by atoms with Crippen LogP contribution in [0.4, 0.5) is 11.4 Å². The molecule has 1 fully saturated rings. The molecule has 0 saturated carbocycles. The number of likely N-dealkylation sites (N-methyl/N-ethyl adjacent to an activating group) is 1. The number of H-pyrrole nitrogens is 2. The van der Waals surface area contributed by atoms with Crippen molar-refractivity contribution in [1.82, 2.24) is 35.0 Å². The maximum atomic E-state index is 12.2. The summed E-state index contributed by atoms with van der Waals surface area (Å²) >= 11 is 0. The van der Waals surface area contributed by atoms with Gasteiger partial charge in [-0.3, -0.25) is 19.9 Å². The van der Waals surface area contributed by atoms with Crippen LogP contribution in [0.2, 0.25) is 0 Å². The summed E-state index contributed by atoms with van der Waals surface area (Å²) < 4.78 is 0. The molecule has 0 spiro atoms. The summed E-state index contributed by atoms with van der Waals surface area (Å²) in [5, 5.41) is 12.7. The van der Waals surface area contributed by atoms with Gasteiger partial charge in [0.15, 0.2) is 0 Å². The second kappa shape index (κ2) is 9.62. The maximum Gasteiger partial charge on any atom is 0.238 e. The number of piperidine rings is 1. The van der Waals surface area contributed by atoms with Crippen LogP contribution in [0.15, 0.2) is 49.1 Å². The highest BCUT2D eigenvalue weighted by atomic mass is 16.2. The molecule has 1 amide bonds. The molecule has 188 valence electrons. The quantitative estimate of drug-likeness (QED) is 0.325. The highest BCUT2D eigenvalue weighted by molar-refractivity contribution is 5.99. The third-order valence-corrected chi connectivity index (χ3v) is 6.69. The second-order valence-corrected chi connectivity index (χ2v) is 9.76. The Morgan fingerprint density at radius 2 is 1.92 bits per heavy atom. The first-order chi connectivity index (χ1) is 18.0. The lowest BCUT2D eigenvalue weighted by molar-refractivity contribution is -0.116. The topological polar surface area (TPSA) is 119 Å². The van der Waals surface area contributed by atoms with E-state index in [-0.39, 0.29) is 5.91 Å². The first-order valence-corrected chi connectivity index (χ1v) is 12.5. The highest BCUT2D eigenvalue weighted by Gasteiger charge is 2.18. The molecule has 1 saturated heterocycles. The van der Waals surface area contributed by atoms with Crippen molar-refractivity contribution in [1.29, 1.82) is 0 Å². The molecule has 5 aromatic rings. The van der Waals surface area contributed by atoms with Gasteiger partial charge in [-0.2, -0.15) is 5.10 Å². The van der Waals surface area contributed by atoms with Crippen LogP contribution >= 0.6 is 0 Å². The van der Waals surface area contributed by atoms with E-state index in [1.807, 2.05) is 37.3 Å². The summed E-state index contributed by atoms with van der Waals surface area (Å²) in [6.07, 6.45) is 10.8. The van der Waals surface area contributed by atoms with Gasteiger partial charge in [0.05, 0.1) is 41.5 Å². The molecular weight excluding hydrogens is 466 g/mol. The van der Waals surface area contributed by atoms with Crippen molar-refractivity contribution < 1.29 is 4.79 Å². The molecule has 6 rings (SSSR count). The zero-order valence-corrected chi connectivity index (χ0v) is 21.0. The zero-order chi connectivity index (χ0) is 25.4. The van der Waals surface area contributed by atoms with Gasteiger partial charge in [-0.15, -0.1) is 0 Å². The summed E-state index contributed by atoms with van der Waals surface area (Å²) in [6, 6.07) is 8.13. The van der Waals surface area contributed by atoms with Crippen molar-refractivity contribution >= 4 is 39.2 Å². The average molecular weight is 496 g/mol. The van der Waals surface area contributed by atoms with Crippen LogP contribution in [-0.4, -0.2) is 74.7 Å². The molecule has 1 aliphatic heterocycles. The van der Waals surface area contributed by atoms with Gasteiger partial charge >= 0.3 is 0 Å². The van der Waals surface area contributed by atoms with E-state index in [0.717, 1.165) is 57.7 Å². The van der Waals surface area contributed by atoms with Gasteiger partial charge in [0.1, 0.15) is 11.3 Å². The standard InChI is InChI=1S/C27H29N9O/c1-35(2)16-25(37)31-18-10-17(13-28-14-18)21-11-19-23(15-30-21)33-34-26(19)22-12-20-24(6-7-29-27(20)32-22)36-8-4-3-5-9-36/h6-7,10-15H,3-5,8-9,16H2,1-2H3,(H,29,32)(H,31,37)(H,33,34). The van der Waals surface area contributed by atoms with Crippen molar-refractivity contribution in [2.24, 2.45) is 0 Å². The highest BCUT2D eigenvalue weighted by Crippen LogP contribution is 2.34. The van der Waals surface area contributed by atoms with E-state index in [0.29, 0.717) is 12.2 Å². The molecule has 37 heavy (non-hydrogen) atoms. The minimum atomic E-state index is -0.0965. The monoisotopic (exact) mass is 495 g/mol. The van der Waals surface area contributed by atoms with Crippen LogP contribution in [0.5, 0.6) is 0 Å². The number of carbonyl (C=O) groups is 1. The van der Waals surface area contributed by atoms with Crippen LogP contribution in [0, 0.1) is 0 Å². The van der Waals surface area contributed by atoms with E-state index < -0.39 is 0 Å². The predicted molar refractivity (Wildman–Crippen MR) is 145 cm³/mol. The summed E-state index contributed by atoms with van der Waals surface area (Å²) in [7, 11) is 3.71. The number of carbonyl (C=O) groups excluding carboxylic acids is 1. The fourth-order valence-corrected chi connectivity index (χ4v) is 4.97. The van der Waals surface area contributed by atoms with Gasteiger partial charge in [-0.25, -0.2) is 4.98 Å². The molecule has 10 nitrogen and oxygen atoms in total. The Balaban J connectivity index is 1.35. The Bertz CT molecular complexity index is 1580. The van der Waals surface area contributed by atoms with Gasteiger partial charge in [0, 0.05) is 47.5 Å². The third-order valence-electron chi connectivity index (χ3n) is 6.69. The Morgan fingerprint density at radius 3 is 2.76 bits per heavy atom. The molecule has 1 aliphatic rings. The molecule has 10 heteroatoms. The number of aromatic amines is 2. The number of anilines is 2. The predicted octanol–water partition coefficient (Wildman–Crippen LogP) is 4.05. The van der Waals surface area contributed by atoms with E-state index in [1.165, 1.54) is 24.9 Å². The number of hydrogen-bond donors (Lipinski definition) is 3. The van der Waals surface area contributed by atoms with Crippen LogP contribution in [0.25, 0.3) is 44.6 Å². The minimum Gasteiger partial charge on any atom is -0.371 e. The van der Waals surface area contributed by atoms with E-state index in [4.69, 9.17) is 0 Å². The Kier molecular flexibility index (Phi) is 6.01. The van der Waals surface area contributed by atoms with E-state index in [9.17, 15) is 4.79 Å². The molecule has 0 bridgehead atoms. The van der Waals surface area contributed by atoms with E-state index >= 15 is 0 Å². The number of pyridine rings is 3. The van der Waals surface area contributed by atoms with Crippen LogP contribution in [0.1, 0.15) is 19.3 Å². The van der Waals surface area contributed by atoms with E-state index in [2.05, 4.69) is 52.5 Å². The van der Waals surface area contributed by atoms with Gasteiger partial charge in [0.2, 0.25) is 5.91 Å². The SMILES string of the molecule is CN(C)CC(=O)Nc1cncc(-c2cc3c(-c4cc5c(N6CCCCC6)ccnc5[nH]4)n[nH]c3cn2)c1. The molecule has 0 radical (unpaired) electrons. The summed E-state index contributed by atoms with van der Waals surface area (Å²) in [5.41, 5.74) is 6.80. The largest absolute Gasteiger partial charge is 0.371 e. The molecule has 6 heterocycles. The zero-order valence-electron chi connectivity index (χ0n) is 21.0. The van der Waals surface area contributed by atoms with Gasteiger partial charge < -0.3 is 20.1 Å². The average Bonchev–Trinajstić information content (AvgIpc) is 3.52. The molecule has 5 aromatic heterocycles. The lowest BCUT2D eigenvalue weighted by Crippen LogP contribution is -2.29. The minimum absolute atomic E-state index is 0.0965. The maximum absolute atomic E-state index is 12.2. The molecule has 0 aromatic carbocycles. The van der Waals surface area contributed by atoms with Crippen molar-refractivity contribution in [2.75, 3.05) is 43.9 Å². The Morgan fingerprint density at radius 1 is 1.05 bits per heavy atom. The molecule has 0 unspecified atom stereocenters. The van der Waals surface area contributed by atoms with Gasteiger partial charge in [-0.1, -0.05) is 0 Å². The number of nitrogens with zero attached hydrogens (tertiary/aromatic N) is 6. The number of fused-ring (bicyclic) bond motifs is 2. The molecule has 0 atom stereocenters. The van der Waals surface area contributed by atoms with Gasteiger partial charge in [-0.05, 0) is 57.6 Å². The number of aromatic nitrogens is 6. The molecule has 3 N–H and O–H groups in total. The van der Waals surface area contributed by atoms with E-state index in [1.54, 1.807) is 18.6 Å².